The monoisotopic (exact) mass is 299 g/mol. The van der Waals surface area contributed by atoms with Gasteiger partial charge >= 0.3 is 0 Å². The lowest BCUT2D eigenvalue weighted by Crippen LogP contribution is -2.40. The van der Waals surface area contributed by atoms with Gasteiger partial charge in [-0.2, -0.15) is 0 Å². The van der Waals surface area contributed by atoms with Gasteiger partial charge in [-0.3, -0.25) is 4.79 Å². The first kappa shape index (κ1) is 20.3. The van der Waals surface area contributed by atoms with Crippen molar-refractivity contribution in [2.24, 2.45) is 5.92 Å². The van der Waals surface area contributed by atoms with Crippen LogP contribution in [-0.2, 0) is 4.79 Å². The summed E-state index contributed by atoms with van der Waals surface area (Å²) in [5.74, 6) is 0.220. The number of nitrogens with one attached hydrogen (secondary N) is 2. The number of likely N-dealkylation sites (tertiary alicyclic amines) is 1. The highest BCUT2D eigenvalue weighted by molar-refractivity contribution is 5.85. The summed E-state index contributed by atoms with van der Waals surface area (Å²) < 4.78 is 0. The van der Waals surface area contributed by atoms with Crippen LogP contribution in [0, 0.1) is 5.92 Å². The Kier molecular flexibility index (Phi) is 13.6. The number of rotatable bonds is 6. The van der Waals surface area contributed by atoms with Gasteiger partial charge in [0.05, 0.1) is 0 Å². The maximum Gasteiger partial charge on any atom is 0.224 e. The van der Waals surface area contributed by atoms with E-state index in [1.807, 2.05) is 14.0 Å². The third-order valence-electron chi connectivity index (χ3n) is 3.13. The summed E-state index contributed by atoms with van der Waals surface area (Å²) >= 11 is 0. The van der Waals surface area contributed by atoms with Crippen molar-refractivity contribution in [3.63, 3.8) is 0 Å². The lowest BCUT2D eigenvalue weighted by molar-refractivity contribution is -0.124. The summed E-state index contributed by atoms with van der Waals surface area (Å²) in [7, 11) is 1.87. The highest BCUT2D eigenvalue weighted by Gasteiger charge is 2.12. The predicted octanol–water partition coefficient (Wildman–Crippen LogP) is 1.29. The zero-order valence-corrected chi connectivity index (χ0v) is 13.0. The summed E-state index contributed by atoms with van der Waals surface area (Å²) in [4.78, 5) is 14.0. The van der Waals surface area contributed by atoms with Crippen LogP contribution in [0.15, 0.2) is 0 Å². The van der Waals surface area contributed by atoms with E-state index >= 15 is 0 Å². The van der Waals surface area contributed by atoms with E-state index < -0.39 is 0 Å². The zero-order valence-electron chi connectivity index (χ0n) is 11.4. The molecule has 1 fully saturated rings. The Bertz CT molecular complexity index is 211. The van der Waals surface area contributed by atoms with Crippen molar-refractivity contribution in [3.05, 3.63) is 0 Å². The zero-order chi connectivity index (χ0) is 11.8. The number of carbonyl (C=O) groups excluding carboxylic acids is 1. The maximum absolute atomic E-state index is 11.6. The van der Waals surface area contributed by atoms with Crippen molar-refractivity contribution >= 4 is 30.7 Å². The van der Waals surface area contributed by atoms with Gasteiger partial charge in [0, 0.05) is 25.6 Å². The topological polar surface area (TPSA) is 44.4 Å². The second-order valence-corrected chi connectivity index (χ2v) is 4.65. The highest BCUT2D eigenvalue weighted by atomic mass is 35.5. The Balaban J connectivity index is 0. The van der Waals surface area contributed by atoms with E-state index in [0.717, 1.165) is 19.6 Å². The summed E-state index contributed by atoms with van der Waals surface area (Å²) in [5.41, 5.74) is 0. The van der Waals surface area contributed by atoms with Crippen LogP contribution in [0.3, 0.4) is 0 Å². The molecule has 0 spiro atoms. The molecule has 0 bridgehead atoms. The minimum atomic E-state index is 0. The fraction of sp³-hybridized carbons (Fsp3) is 0.917. The van der Waals surface area contributed by atoms with Gasteiger partial charge in [-0.05, 0) is 33.0 Å². The Labute approximate surface area is 123 Å². The fourth-order valence-electron chi connectivity index (χ4n) is 2.09. The molecular weight excluding hydrogens is 273 g/mol. The lowest BCUT2D eigenvalue weighted by Gasteiger charge is -2.26. The number of carbonyl (C=O) groups is 1. The second-order valence-electron chi connectivity index (χ2n) is 4.65. The van der Waals surface area contributed by atoms with Gasteiger partial charge in [-0.1, -0.05) is 13.3 Å². The number of hydrogen-bond donors (Lipinski definition) is 2. The minimum absolute atomic E-state index is 0. The molecule has 0 radical (unpaired) electrons. The number of amides is 1. The van der Waals surface area contributed by atoms with E-state index in [-0.39, 0.29) is 36.6 Å². The van der Waals surface area contributed by atoms with Crippen LogP contribution in [0.1, 0.15) is 26.2 Å². The Morgan fingerprint density at radius 1 is 1.22 bits per heavy atom. The van der Waals surface area contributed by atoms with Crippen molar-refractivity contribution in [1.29, 1.82) is 0 Å². The molecule has 1 amide bonds. The molecule has 1 rings (SSSR count). The summed E-state index contributed by atoms with van der Waals surface area (Å²) in [6, 6.07) is 0. The van der Waals surface area contributed by atoms with Crippen LogP contribution in [0.5, 0.6) is 0 Å². The first-order chi connectivity index (χ1) is 7.74. The van der Waals surface area contributed by atoms with Gasteiger partial charge in [-0.15, -0.1) is 24.8 Å². The Hall–Kier alpha value is -0.0300. The molecule has 0 aromatic heterocycles. The van der Waals surface area contributed by atoms with E-state index in [0.29, 0.717) is 0 Å². The molecule has 1 unspecified atom stereocenters. The molecule has 0 saturated carbocycles. The van der Waals surface area contributed by atoms with Gasteiger partial charge in [0.25, 0.3) is 0 Å². The maximum atomic E-state index is 11.6. The number of piperidine rings is 1. The van der Waals surface area contributed by atoms with Crippen LogP contribution in [0.25, 0.3) is 0 Å². The molecule has 1 atom stereocenters. The molecule has 18 heavy (non-hydrogen) atoms. The Morgan fingerprint density at radius 2 is 1.83 bits per heavy atom. The molecule has 0 aliphatic carbocycles. The average molecular weight is 300 g/mol. The third-order valence-corrected chi connectivity index (χ3v) is 3.13. The van der Waals surface area contributed by atoms with Crippen LogP contribution >= 0.6 is 24.8 Å². The molecule has 0 aromatic carbocycles. The molecule has 1 aliphatic rings. The van der Waals surface area contributed by atoms with Crippen LogP contribution in [0.2, 0.25) is 0 Å². The standard InChI is InChI=1S/C12H25N3O.2ClH/c1-11(10-13-2)12(16)14-6-9-15-7-4-3-5-8-15;;/h11,13H,3-10H2,1-2H3,(H,14,16);2*1H. The van der Waals surface area contributed by atoms with E-state index in [2.05, 4.69) is 15.5 Å². The molecule has 1 saturated heterocycles. The largest absolute Gasteiger partial charge is 0.355 e. The third kappa shape index (κ3) is 8.14. The highest BCUT2D eigenvalue weighted by Crippen LogP contribution is 2.07. The Morgan fingerprint density at radius 3 is 2.39 bits per heavy atom. The average Bonchev–Trinajstić information content (AvgIpc) is 2.30. The second kappa shape index (κ2) is 12.0. The summed E-state index contributed by atoms with van der Waals surface area (Å²) in [5, 5.41) is 6.01. The first-order valence-electron chi connectivity index (χ1n) is 6.38. The van der Waals surface area contributed by atoms with E-state index in [1.165, 1.54) is 32.4 Å². The summed E-state index contributed by atoms with van der Waals surface area (Å²) in [6.45, 7) is 6.87. The van der Waals surface area contributed by atoms with Crippen LogP contribution in [-0.4, -0.2) is 50.6 Å². The van der Waals surface area contributed by atoms with Gasteiger partial charge in [0.1, 0.15) is 0 Å². The smallest absolute Gasteiger partial charge is 0.224 e. The minimum Gasteiger partial charge on any atom is -0.355 e. The molecule has 6 heteroatoms. The van der Waals surface area contributed by atoms with Crippen molar-refractivity contribution in [3.8, 4) is 0 Å². The van der Waals surface area contributed by atoms with Gasteiger partial charge in [0.2, 0.25) is 5.91 Å². The molecule has 110 valence electrons. The van der Waals surface area contributed by atoms with E-state index in [4.69, 9.17) is 0 Å². The normalized spacial score (nSPS) is 17.2. The van der Waals surface area contributed by atoms with Crippen LogP contribution < -0.4 is 10.6 Å². The van der Waals surface area contributed by atoms with Gasteiger partial charge < -0.3 is 15.5 Å². The molecule has 1 heterocycles. The van der Waals surface area contributed by atoms with Crippen molar-refractivity contribution in [1.82, 2.24) is 15.5 Å². The molecule has 1 aliphatic heterocycles. The lowest BCUT2D eigenvalue weighted by atomic mass is 10.1. The van der Waals surface area contributed by atoms with Crippen LogP contribution in [0.4, 0.5) is 0 Å². The molecule has 0 aromatic rings. The van der Waals surface area contributed by atoms with Crippen molar-refractivity contribution < 1.29 is 4.79 Å². The van der Waals surface area contributed by atoms with Gasteiger partial charge in [-0.25, -0.2) is 0 Å². The number of hydrogen-bond acceptors (Lipinski definition) is 3. The first-order valence-corrected chi connectivity index (χ1v) is 6.38. The summed E-state index contributed by atoms with van der Waals surface area (Å²) in [6.07, 6.45) is 3.98. The molecule has 4 nitrogen and oxygen atoms in total. The number of halogens is 2. The number of nitrogens with zero attached hydrogens (tertiary/aromatic N) is 1. The fourth-order valence-corrected chi connectivity index (χ4v) is 2.09. The van der Waals surface area contributed by atoms with E-state index in [1.54, 1.807) is 0 Å². The predicted molar refractivity (Wildman–Crippen MR) is 80.9 cm³/mol. The van der Waals surface area contributed by atoms with Gasteiger partial charge in [0.15, 0.2) is 0 Å². The SMILES string of the molecule is CNCC(C)C(=O)NCCN1CCCCC1.Cl.Cl. The van der Waals surface area contributed by atoms with Crippen molar-refractivity contribution in [2.45, 2.75) is 26.2 Å². The van der Waals surface area contributed by atoms with Crippen molar-refractivity contribution in [2.75, 3.05) is 39.8 Å². The molecule has 2 N–H and O–H groups in total. The van der Waals surface area contributed by atoms with E-state index in [9.17, 15) is 4.79 Å². The molecular formula is C12H27Cl2N3O. The quantitative estimate of drug-likeness (QED) is 0.777.